The highest BCUT2D eigenvalue weighted by molar-refractivity contribution is 7.74. The van der Waals surface area contributed by atoms with E-state index in [-0.39, 0.29) is 22.8 Å². The van der Waals surface area contributed by atoms with E-state index in [4.69, 9.17) is 9.84 Å². The van der Waals surface area contributed by atoms with Crippen LogP contribution in [-0.4, -0.2) is 57.8 Å². The summed E-state index contributed by atoms with van der Waals surface area (Å²) in [5, 5.41) is 14.7. The topological polar surface area (TPSA) is 112 Å². The van der Waals surface area contributed by atoms with Crippen LogP contribution in [0.15, 0.2) is 23.6 Å². The summed E-state index contributed by atoms with van der Waals surface area (Å²) < 4.78 is 30.0. The second-order valence-electron chi connectivity index (χ2n) is 5.47. The van der Waals surface area contributed by atoms with Crippen molar-refractivity contribution in [1.29, 1.82) is 0 Å². The number of hydrogen-bond donors (Lipinski definition) is 3. The molecule has 1 aliphatic rings. The van der Waals surface area contributed by atoms with E-state index in [2.05, 4.69) is 15.2 Å². The lowest BCUT2D eigenvalue weighted by Crippen LogP contribution is -2.43. The van der Waals surface area contributed by atoms with Crippen LogP contribution in [0.4, 0.5) is 16.6 Å². The Morgan fingerprint density at radius 2 is 2.12 bits per heavy atom. The molecule has 11 heteroatoms. The number of benzene rings is 1. The maximum atomic E-state index is 11.9. The van der Waals surface area contributed by atoms with Gasteiger partial charge in [-0.3, -0.25) is 0 Å². The van der Waals surface area contributed by atoms with E-state index in [0.29, 0.717) is 0 Å². The first-order chi connectivity index (χ1) is 12.5. The molecule has 1 aliphatic heterocycles. The maximum Gasteiger partial charge on any atom is 0.335 e. The number of piperazine rings is 1. The number of carboxylic acid groups (broad SMARTS) is 1. The van der Waals surface area contributed by atoms with E-state index in [1.807, 2.05) is 0 Å². The van der Waals surface area contributed by atoms with Crippen LogP contribution in [-0.2, 0) is 10.9 Å². The number of thiol groups is 1. The zero-order valence-electron chi connectivity index (χ0n) is 13.9. The maximum absolute atomic E-state index is 11.9. The van der Waals surface area contributed by atoms with Gasteiger partial charge < -0.3 is 20.1 Å². The van der Waals surface area contributed by atoms with Crippen molar-refractivity contribution < 1.29 is 23.1 Å². The van der Waals surface area contributed by atoms with Crippen LogP contribution in [0.3, 0.4) is 0 Å². The molecule has 140 valence electrons. The molecule has 2 N–H and O–H groups in total. The highest BCUT2D eigenvalue weighted by atomic mass is 32.2. The number of methoxy groups -OCH3 is 1. The molecule has 26 heavy (non-hydrogen) atoms. The van der Waals surface area contributed by atoms with Gasteiger partial charge in [0.25, 0.3) is 0 Å². The lowest BCUT2D eigenvalue weighted by molar-refractivity contribution is 0.0696. The van der Waals surface area contributed by atoms with Crippen LogP contribution < -0.4 is 19.3 Å². The summed E-state index contributed by atoms with van der Waals surface area (Å²) >= 11 is 1.36. The van der Waals surface area contributed by atoms with Gasteiger partial charge in [-0.05, 0) is 18.2 Å². The third-order valence-corrected chi connectivity index (χ3v) is 5.54. The summed E-state index contributed by atoms with van der Waals surface area (Å²) in [7, 11) is -1.69. The van der Waals surface area contributed by atoms with Crippen molar-refractivity contribution >= 4 is 44.8 Å². The minimum absolute atomic E-state index is 0.00598. The molecule has 3 rings (SSSR count). The van der Waals surface area contributed by atoms with E-state index in [0.717, 1.165) is 35.6 Å². The summed E-state index contributed by atoms with van der Waals surface area (Å²) in [5.41, 5.74) is 0.220. The smallest absolute Gasteiger partial charge is 0.335 e. The highest BCUT2D eigenvalue weighted by Gasteiger charge is 2.22. The first kappa shape index (κ1) is 18.4. The van der Waals surface area contributed by atoms with Crippen LogP contribution >= 0.6 is 11.3 Å². The number of thiazole rings is 1. The van der Waals surface area contributed by atoms with Crippen molar-refractivity contribution in [3.8, 4) is 5.75 Å². The minimum Gasteiger partial charge on any atom is -0.495 e. The number of carbonyl (C=O) groups is 1. The second kappa shape index (κ2) is 7.89. The Kier molecular flexibility index (Phi) is 5.59. The predicted molar refractivity (Wildman–Crippen MR) is 99.6 cm³/mol. The SMILES string of the molecule is COc1cc(C(=O)O)ccc1N(c1csc(N2CCNCC2)n1)[SH](=O)=O. The van der Waals surface area contributed by atoms with Crippen LogP contribution in [0.2, 0.25) is 0 Å². The Labute approximate surface area is 155 Å². The Balaban J connectivity index is 1.98. The number of nitrogens with one attached hydrogen (secondary N) is 1. The van der Waals surface area contributed by atoms with Gasteiger partial charge in [0.05, 0.1) is 12.7 Å². The quantitative estimate of drug-likeness (QED) is 0.616. The van der Waals surface area contributed by atoms with E-state index in [1.54, 1.807) is 5.38 Å². The third-order valence-electron chi connectivity index (χ3n) is 3.90. The summed E-state index contributed by atoms with van der Waals surface area (Å²) in [4.78, 5) is 17.7. The van der Waals surface area contributed by atoms with Crippen molar-refractivity contribution in [2.45, 2.75) is 0 Å². The second-order valence-corrected chi connectivity index (χ2v) is 7.18. The van der Waals surface area contributed by atoms with Crippen molar-refractivity contribution in [1.82, 2.24) is 10.3 Å². The fourth-order valence-electron chi connectivity index (χ4n) is 2.64. The Morgan fingerprint density at radius 3 is 2.73 bits per heavy atom. The molecule has 9 nitrogen and oxygen atoms in total. The first-order valence-electron chi connectivity index (χ1n) is 7.78. The fraction of sp³-hybridized carbons (Fsp3) is 0.333. The molecule has 1 fully saturated rings. The van der Waals surface area contributed by atoms with Crippen molar-refractivity contribution in [2.24, 2.45) is 0 Å². The van der Waals surface area contributed by atoms with Gasteiger partial charge in [-0.2, -0.15) is 0 Å². The zero-order valence-corrected chi connectivity index (χ0v) is 15.6. The lowest BCUT2D eigenvalue weighted by atomic mass is 10.2. The van der Waals surface area contributed by atoms with Gasteiger partial charge in [0.1, 0.15) is 11.4 Å². The number of aromatic nitrogens is 1. The van der Waals surface area contributed by atoms with Gasteiger partial charge in [0.15, 0.2) is 10.9 Å². The molecule has 0 atom stereocenters. The van der Waals surface area contributed by atoms with E-state index >= 15 is 0 Å². The molecule has 0 aliphatic carbocycles. The number of carboxylic acids is 1. The molecule has 0 saturated carbocycles. The molecule has 0 bridgehead atoms. The van der Waals surface area contributed by atoms with Crippen molar-refractivity contribution in [2.75, 3.05) is 42.5 Å². The van der Waals surface area contributed by atoms with Crippen LogP contribution in [0.25, 0.3) is 0 Å². The fourth-order valence-corrected chi connectivity index (χ4v) is 4.17. The van der Waals surface area contributed by atoms with Crippen LogP contribution in [0.1, 0.15) is 10.4 Å². The van der Waals surface area contributed by atoms with Gasteiger partial charge in [-0.15, -0.1) is 11.3 Å². The minimum atomic E-state index is -3.05. The number of anilines is 3. The molecular weight excluding hydrogens is 380 g/mol. The van der Waals surface area contributed by atoms with Crippen molar-refractivity contribution in [3.63, 3.8) is 0 Å². The van der Waals surface area contributed by atoms with Crippen LogP contribution in [0, 0.1) is 0 Å². The number of aromatic carboxylic acids is 1. The third kappa shape index (κ3) is 3.74. The summed E-state index contributed by atoms with van der Waals surface area (Å²) in [6.07, 6.45) is 0. The number of ether oxygens (including phenoxy) is 1. The molecule has 1 aromatic heterocycles. The summed E-state index contributed by atoms with van der Waals surface area (Å²) in [5.74, 6) is -0.732. The molecule has 2 aromatic rings. The Morgan fingerprint density at radius 1 is 1.38 bits per heavy atom. The molecule has 0 radical (unpaired) electrons. The number of nitrogens with zero attached hydrogens (tertiary/aromatic N) is 3. The van der Waals surface area contributed by atoms with Gasteiger partial charge in [0.2, 0.25) is 10.9 Å². The average molecular weight is 398 g/mol. The molecule has 1 saturated heterocycles. The predicted octanol–water partition coefficient (Wildman–Crippen LogP) is 0.924. The number of hydrogen-bond acceptors (Lipinski definition) is 8. The van der Waals surface area contributed by atoms with Crippen LogP contribution in [0.5, 0.6) is 5.75 Å². The van der Waals surface area contributed by atoms with Gasteiger partial charge in [-0.25, -0.2) is 22.5 Å². The molecule has 1 aromatic carbocycles. The van der Waals surface area contributed by atoms with Gasteiger partial charge in [-0.1, -0.05) is 0 Å². The molecule has 0 amide bonds. The zero-order chi connectivity index (χ0) is 18.7. The standard InChI is InChI=1S/C15H18N4O5S2/c1-24-12-8-10(14(20)21)2-3-11(12)19(26(22)23)13-9-25-15(17-13)18-6-4-16-5-7-18/h2-3,8-9,16,26H,4-7H2,1H3,(H,20,21). The van der Waals surface area contributed by atoms with Gasteiger partial charge >= 0.3 is 5.97 Å². The number of rotatable bonds is 6. The summed E-state index contributed by atoms with van der Waals surface area (Å²) in [6, 6.07) is 4.01. The monoisotopic (exact) mass is 398 g/mol. The first-order valence-corrected chi connectivity index (χ1v) is 9.79. The Hall–Kier alpha value is -2.37. The Bertz CT molecular complexity index is 869. The lowest BCUT2D eigenvalue weighted by Gasteiger charge is -2.26. The van der Waals surface area contributed by atoms with E-state index in [9.17, 15) is 13.2 Å². The largest absolute Gasteiger partial charge is 0.495 e. The highest BCUT2D eigenvalue weighted by Crippen LogP contribution is 2.36. The van der Waals surface area contributed by atoms with E-state index < -0.39 is 16.9 Å². The normalized spacial score (nSPS) is 14.5. The molecule has 0 spiro atoms. The molecule has 2 heterocycles. The summed E-state index contributed by atoms with van der Waals surface area (Å²) in [6.45, 7) is 3.29. The molecule has 0 unspecified atom stereocenters. The average Bonchev–Trinajstić information content (AvgIpc) is 3.12. The van der Waals surface area contributed by atoms with Gasteiger partial charge in [0, 0.05) is 31.6 Å². The van der Waals surface area contributed by atoms with Crippen molar-refractivity contribution in [3.05, 3.63) is 29.1 Å². The van der Waals surface area contributed by atoms with E-state index in [1.165, 1.54) is 36.6 Å². The molecular formula is C15H18N4O5S2.